The van der Waals surface area contributed by atoms with Crippen LogP contribution in [0.4, 0.5) is 15.9 Å². The second-order valence-electron chi connectivity index (χ2n) is 5.45. The summed E-state index contributed by atoms with van der Waals surface area (Å²) in [6.45, 7) is 1.92. The molecular formula is C18H14FN5. The van der Waals surface area contributed by atoms with Crippen molar-refractivity contribution >= 4 is 17.2 Å². The fourth-order valence-electron chi connectivity index (χ4n) is 2.53. The number of imidazole rings is 1. The van der Waals surface area contributed by atoms with E-state index in [9.17, 15) is 4.39 Å². The molecule has 0 aliphatic carbocycles. The molecule has 5 nitrogen and oxygen atoms in total. The van der Waals surface area contributed by atoms with Gasteiger partial charge in [-0.1, -0.05) is 6.07 Å². The number of rotatable bonds is 3. The van der Waals surface area contributed by atoms with E-state index in [-0.39, 0.29) is 5.82 Å². The zero-order valence-corrected chi connectivity index (χ0v) is 12.9. The summed E-state index contributed by atoms with van der Waals surface area (Å²) >= 11 is 0. The van der Waals surface area contributed by atoms with Gasteiger partial charge in [0.15, 0.2) is 11.5 Å². The number of nitrogens with zero attached hydrogens (tertiary/aromatic N) is 4. The first kappa shape index (κ1) is 14.3. The van der Waals surface area contributed by atoms with Crippen LogP contribution < -0.4 is 5.32 Å². The van der Waals surface area contributed by atoms with Gasteiger partial charge >= 0.3 is 0 Å². The van der Waals surface area contributed by atoms with Gasteiger partial charge in [-0.25, -0.2) is 13.9 Å². The minimum atomic E-state index is -0.288. The van der Waals surface area contributed by atoms with Crippen LogP contribution >= 0.6 is 0 Å². The zero-order valence-electron chi connectivity index (χ0n) is 12.9. The van der Waals surface area contributed by atoms with Crippen LogP contribution in [0.3, 0.4) is 0 Å². The van der Waals surface area contributed by atoms with Gasteiger partial charge in [0.2, 0.25) is 0 Å². The van der Waals surface area contributed by atoms with Crippen molar-refractivity contribution in [3.63, 3.8) is 0 Å². The van der Waals surface area contributed by atoms with Crippen molar-refractivity contribution in [3.8, 4) is 11.3 Å². The van der Waals surface area contributed by atoms with Crippen LogP contribution in [0.15, 0.2) is 61.1 Å². The van der Waals surface area contributed by atoms with Crippen LogP contribution in [0.1, 0.15) is 5.56 Å². The fourth-order valence-corrected chi connectivity index (χ4v) is 2.53. The van der Waals surface area contributed by atoms with Gasteiger partial charge in [0.1, 0.15) is 5.82 Å². The van der Waals surface area contributed by atoms with Gasteiger partial charge in [-0.3, -0.25) is 4.98 Å². The molecular weight excluding hydrogens is 305 g/mol. The van der Waals surface area contributed by atoms with Gasteiger partial charge in [-0.05, 0) is 48.9 Å². The summed E-state index contributed by atoms with van der Waals surface area (Å²) in [5.74, 6) is 0.328. The van der Waals surface area contributed by atoms with Gasteiger partial charge in [0, 0.05) is 23.6 Å². The van der Waals surface area contributed by atoms with E-state index in [1.807, 2.05) is 31.2 Å². The molecule has 1 N–H and O–H groups in total. The maximum atomic E-state index is 13.5. The highest BCUT2D eigenvalue weighted by Crippen LogP contribution is 2.23. The Morgan fingerprint density at radius 1 is 1.04 bits per heavy atom. The summed E-state index contributed by atoms with van der Waals surface area (Å²) < 4.78 is 15.2. The molecule has 0 saturated carbocycles. The number of hydrogen-bond acceptors (Lipinski definition) is 4. The molecule has 0 amide bonds. The normalized spacial score (nSPS) is 10.9. The van der Waals surface area contributed by atoms with Crippen molar-refractivity contribution in [1.82, 2.24) is 19.6 Å². The fraction of sp³-hybridized carbons (Fsp3) is 0.0556. The molecule has 24 heavy (non-hydrogen) atoms. The minimum absolute atomic E-state index is 0.288. The van der Waals surface area contributed by atoms with Crippen LogP contribution in [-0.2, 0) is 0 Å². The molecule has 0 saturated heterocycles. The van der Waals surface area contributed by atoms with Gasteiger partial charge in [0.05, 0.1) is 11.9 Å². The number of hydrogen-bond donors (Lipinski definition) is 1. The number of benzene rings is 1. The lowest BCUT2D eigenvalue weighted by Crippen LogP contribution is -2.01. The van der Waals surface area contributed by atoms with E-state index < -0.39 is 0 Å². The smallest absolute Gasteiger partial charge is 0.154 e. The van der Waals surface area contributed by atoms with E-state index in [1.165, 1.54) is 12.1 Å². The van der Waals surface area contributed by atoms with Gasteiger partial charge in [0.25, 0.3) is 0 Å². The van der Waals surface area contributed by atoms with Gasteiger partial charge in [-0.15, -0.1) is 5.10 Å². The number of nitrogens with one attached hydrogen (secondary N) is 1. The SMILES string of the molecule is Cc1ccc(F)cc1Nc1ccc2ncc(-c3ccncc3)n2n1. The first-order valence-corrected chi connectivity index (χ1v) is 7.49. The lowest BCUT2D eigenvalue weighted by molar-refractivity contribution is 0.628. The average molecular weight is 319 g/mol. The van der Waals surface area contributed by atoms with E-state index in [1.54, 1.807) is 29.2 Å². The van der Waals surface area contributed by atoms with E-state index in [0.717, 1.165) is 22.5 Å². The topological polar surface area (TPSA) is 55.1 Å². The summed E-state index contributed by atoms with van der Waals surface area (Å²) in [5, 5.41) is 7.74. The lowest BCUT2D eigenvalue weighted by Gasteiger charge is -2.09. The highest BCUT2D eigenvalue weighted by atomic mass is 19.1. The Labute approximate surface area is 137 Å². The largest absolute Gasteiger partial charge is 0.338 e. The molecule has 0 radical (unpaired) electrons. The quantitative estimate of drug-likeness (QED) is 0.620. The maximum Gasteiger partial charge on any atom is 0.154 e. The summed E-state index contributed by atoms with van der Waals surface area (Å²) in [4.78, 5) is 8.40. The highest BCUT2D eigenvalue weighted by molar-refractivity contribution is 5.65. The standard InChI is InChI=1S/C18H14FN5/c1-12-2-3-14(19)10-15(12)22-17-4-5-18-21-11-16(24(18)23-17)13-6-8-20-9-7-13/h2-11H,1H3,(H,22,23). The highest BCUT2D eigenvalue weighted by Gasteiger charge is 2.09. The van der Waals surface area contributed by atoms with Crippen molar-refractivity contribution in [2.45, 2.75) is 6.92 Å². The van der Waals surface area contributed by atoms with Crippen molar-refractivity contribution in [1.29, 1.82) is 0 Å². The maximum absolute atomic E-state index is 13.5. The van der Waals surface area contributed by atoms with Crippen LogP contribution in [0, 0.1) is 12.7 Å². The Balaban J connectivity index is 1.76. The molecule has 6 heteroatoms. The monoisotopic (exact) mass is 319 g/mol. The molecule has 0 aliphatic heterocycles. The lowest BCUT2D eigenvalue weighted by atomic mass is 10.2. The van der Waals surface area contributed by atoms with Crippen molar-refractivity contribution in [2.75, 3.05) is 5.32 Å². The molecule has 0 fully saturated rings. The Kier molecular flexibility index (Phi) is 3.42. The van der Waals surface area contributed by atoms with E-state index in [0.29, 0.717) is 11.5 Å². The molecule has 3 aromatic heterocycles. The van der Waals surface area contributed by atoms with Crippen LogP contribution in [-0.4, -0.2) is 19.6 Å². The third-order valence-electron chi connectivity index (χ3n) is 3.80. The average Bonchev–Trinajstić information content (AvgIpc) is 3.02. The Morgan fingerprint density at radius 2 is 1.88 bits per heavy atom. The second kappa shape index (κ2) is 5.73. The predicted molar refractivity (Wildman–Crippen MR) is 90.6 cm³/mol. The molecule has 4 rings (SSSR count). The number of pyridine rings is 1. The molecule has 118 valence electrons. The summed E-state index contributed by atoms with van der Waals surface area (Å²) in [6, 6.07) is 12.1. The number of halogens is 1. The van der Waals surface area contributed by atoms with Gasteiger partial charge in [-0.2, -0.15) is 0 Å². The zero-order chi connectivity index (χ0) is 16.5. The first-order chi connectivity index (χ1) is 11.7. The molecule has 0 atom stereocenters. The van der Waals surface area contributed by atoms with Gasteiger partial charge < -0.3 is 5.32 Å². The van der Waals surface area contributed by atoms with E-state index in [4.69, 9.17) is 0 Å². The summed E-state index contributed by atoms with van der Waals surface area (Å²) in [5.41, 5.74) is 4.21. The van der Waals surface area contributed by atoms with Crippen molar-refractivity contribution in [2.24, 2.45) is 0 Å². The predicted octanol–water partition coefficient (Wildman–Crippen LogP) is 3.98. The Morgan fingerprint density at radius 3 is 2.71 bits per heavy atom. The minimum Gasteiger partial charge on any atom is -0.338 e. The second-order valence-corrected chi connectivity index (χ2v) is 5.45. The van der Waals surface area contributed by atoms with Crippen molar-refractivity contribution in [3.05, 3.63) is 72.4 Å². The van der Waals surface area contributed by atoms with E-state index in [2.05, 4.69) is 20.4 Å². The van der Waals surface area contributed by atoms with E-state index >= 15 is 0 Å². The first-order valence-electron chi connectivity index (χ1n) is 7.49. The Bertz CT molecular complexity index is 1010. The Hall–Kier alpha value is -3.28. The molecule has 3 heterocycles. The molecule has 0 bridgehead atoms. The molecule has 4 aromatic rings. The third kappa shape index (κ3) is 2.58. The summed E-state index contributed by atoms with van der Waals surface area (Å²) in [7, 11) is 0. The molecule has 1 aromatic carbocycles. The third-order valence-corrected chi connectivity index (χ3v) is 3.80. The summed E-state index contributed by atoms with van der Waals surface area (Å²) in [6.07, 6.45) is 5.23. The van der Waals surface area contributed by atoms with Crippen LogP contribution in [0.5, 0.6) is 0 Å². The van der Waals surface area contributed by atoms with Crippen LogP contribution in [0.2, 0.25) is 0 Å². The number of aryl methyl sites for hydroxylation is 1. The molecule has 0 spiro atoms. The number of fused-ring (bicyclic) bond motifs is 1. The molecule has 0 aliphatic rings. The number of anilines is 2. The van der Waals surface area contributed by atoms with Crippen LogP contribution in [0.25, 0.3) is 16.9 Å². The number of aromatic nitrogens is 4. The van der Waals surface area contributed by atoms with Crippen molar-refractivity contribution < 1.29 is 4.39 Å². The molecule has 0 unspecified atom stereocenters.